The second-order valence-electron chi connectivity index (χ2n) is 6.01. The number of hydrogen-bond acceptors (Lipinski definition) is 4. The zero-order chi connectivity index (χ0) is 18.7. The molecule has 1 unspecified atom stereocenters. The molecule has 0 aliphatic heterocycles. The molecule has 0 saturated heterocycles. The van der Waals surface area contributed by atoms with E-state index in [4.69, 9.17) is 0 Å². The molecule has 0 bridgehead atoms. The van der Waals surface area contributed by atoms with Crippen LogP contribution in [0.3, 0.4) is 0 Å². The first-order valence-electron chi connectivity index (χ1n) is 8.55. The molecule has 0 spiro atoms. The third kappa shape index (κ3) is 3.55. The maximum absolute atomic E-state index is 12.4. The van der Waals surface area contributed by atoms with E-state index in [1.54, 1.807) is 6.92 Å². The summed E-state index contributed by atoms with van der Waals surface area (Å²) in [4.78, 5) is 23.6. The highest BCUT2D eigenvalue weighted by atomic mass is 32.2. The maximum atomic E-state index is 12.4. The third-order valence-corrected chi connectivity index (χ3v) is 5.52. The Morgan fingerprint density at radius 3 is 2.62 bits per heavy atom. The summed E-state index contributed by atoms with van der Waals surface area (Å²) in [6.45, 7) is 4.79. The summed E-state index contributed by atoms with van der Waals surface area (Å²) >= 11 is 1.26. The number of hydrogen-bond donors (Lipinski definition) is 1. The Kier molecular flexibility index (Phi) is 5.52. The number of rotatable bonds is 6. The Morgan fingerprint density at radius 2 is 1.88 bits per heavy atom. The Hall–Kier alpha value is -2.47. The van der Waals surface area contributed by atoms with Gasteiger partial charge in [0, 0.05) is 34.0 Å². The standard InChI is InChI=1S/C20H22N2O3S/c1-4-22-17-8-6-5-7-15(17)16-11-14(9-10-18(16)22)21-20(24)13(2)26-12-19(23)25-3/h5-11,13H,4,12H2,1-3H3,(H,21,24). The number of carbonyl (C=O) groups is 2. The molecule has 0 fully saturated rings. The predicted octanol–water partition coefficient (Wildman–Crippen LogP) is 4.05. The number of ether oxygens (including phenoxy) is 1. The van der Waals surface area contributed by atoms with Gasteiger partial charge in [-0.05, 0) is 38.1 Å². The van der Waals surface area contributed by atoms with Crippen molar-refractivity contribution in [2.45, 2.75) is 25.6 Å². The highest BCUT2D eigenvalue weighted by Crippen LogP contribution is 2.31. The molecule has 3 aromatic rings. The molecule has 0 aliphatic carbocycles. The quantitative estimate of drug-likeness (QED) is 0.665. The topological polar surface area (TPSA) is 60.3 Å². The number of aryl methyl sites for hydroxylation is 1. The first-order chi connectivity index (χ1) is 12.5. The number of thioether (sulfide) groups is 1. The number of carbonyl (C=O) groups excluding carboxylic acids is 2. The lowest BCUT2D eigenvalue weighted by atomic mass is 10.1. The van der Waals surface area contributed by atoms with Crippen LogP contribution in [0.2, 0.25) is 0 Å². The molecule has 2 aromatic carbocycles. The van der Waals surface area contributed by atoms with E-state index in [-0.39, 0.29) is 22.9 Å². The molecule has 0 saturated carbocycles. The van der Waals surface area contributed by atoms with Crippen LogP contribution in [-0.4, -0.2) is 34.6 Å². The van der Waals surface area contributed by atoms with Crippen molar-refractivity contribution in [2.75, 3.05) is 18.2 Å². The number of fused-ring (bicyclic) bond motifs is 3. The van der Waals surface area contributed by atoms with E-state index < -0.39 is 0 Å². The van der Waals surface area contributed by atoms with Gasteiger partial charge in [0.15, 0.2) is 0 Å². The van der Waals surface area contributed by atoms with Gasteiger partial charge in [0.25, 0.3) is 0 Å². The van der Waals surface area contributed by atoms with Crippen LogP contribution in [0.15, 0.2) is 42.5 Å². The highest BCUT2D eigenvalue weighted by molar-refractivity contribution is 8.01. The minimum Gasteiger partial charge on any atom is -0.468 e. The van der Waals surface area contributed by atoms with E-state index in [1.807, 2.05) is 30.3 Å². The number of aromatic nitrogens is 1. The van der Waals surface area contributed by atoms with Gasteiger partial charge in [0.2, 0.25) is 5.91 Å². The largest absolute Gasteiger partial charge is 0.468 e. The van der Waals surface area contributed by atoms with Crippen LogP contribution in [0.25, 0.3) is 21.8 Å². The van der Waals surface area contributed by atoms with E-state index in [2.05, 4.69) is 33.7 Å². The molecular weight excluding hydrogens is 348 g/mol. The van der Waals surface area contributed by atoms with Crippen LogP contribution < -0.4 is 5.32 Å². The van der Waals surface area contributed by atoms with Gasteiger partial charge in [-0.15, -0.1) is 11.8 Å². The lowest BCUT2D eigenvalue weighted by molar-refractivity contribution is -0.137. The number of nitrogens with one attached hydrogen (secondary N) is 1. The van der Waals surface area contributed by atoms with Crippen molar-refractivity contribution in [1.29, 1.82) is 0 Å². The fourth-order valence-electron chi connectivity index (χ4n) is 3.04. The van der Waals surface area contributed by atoms with Crippen LogP contribution in [-0.2, 0) is 20.9 Å². The molecule has 1 N–H and O–H groups in total. The Morgan fingerprint density at radius 1 is 1.15 bits per heavy atom. The monoisotopic (exact) mass is 370 g/mol. The van der Waals surface area contributed by atoms with Crippen molar-refractivity contribution < 1.29 is 14.3 Å². The zero-order valence-electron chi connectivity index (χ0n) is 15.1. The van der Waals surface area contributed by atoms with Crippen molar-refractivity contribution in [3.05, 3.63) is 42.5 Å². The number of benzene rings is 2. The van der Waals surface area contributed by atoms with Crippen molar-refractivity contribution >= 4 is 51.1 Å². The number of methoxy groups -OCH3 is 1. The Balaban J connectivity index is 1.84. The lowest BCUT2D eigenvalue weighted by Gasteiger charge is -2.12. The molecule has 0 radical (unpaired) electrons. The fraction of sp³-hybridized carbons (Fsp3) is 0.300. The smallest absolute Gasteiger partial charge is 0.315 e. The molecule has 1 atom stereocenters. The van der Waals surface area contributed by atoms with Crippen LogP contribution in [0.1, 0.15) is 13.8 Å². The first kappa shape index (κ1) is 18.3. The highest BCUT2D eigenvalue weighted by Gasteiger charge is 2.16. The average Bonchev–Trinajstić information content (AvgIpc) is 2.98. The summed E-state index contributed by atoms with van der Waals surface area (Å²) in [6.07, 6.45) is 0. The van der Waals surface area contributed by atoms with Crippen LogP contribution in [0, 0.1) is 0 Å². The number of anilines is 1. The molecule has 3 rings (SSSR count). The molecule has 136 valence electrons. The predicted molar refractivity (Wildman–Crippen MR) is 108 cm³/mol. The Labute approximate surface area is 156 Å². The summed E-state index contributed by atoms with van der Waals surface area (Å²) in [7, 11) is 1.34. The van der Waals surface area contributed by atoms with Gasteiger partial charge in [0.1, 0.15) is 0 Å². The Bertz CT molecular complexity index is 964. The minimum absolute atomic E-state index is 0.127. The summed E-state index contributed by atoms with van der Waals surface area (Å²) in [5.41, 5.74) is 3.10. The van der Waals surface area contributed by atoms with Crippen molar-refractivity contribution in [1.82, 2.24) is 4.57 Å². The van der Waals surface area contributed by atoms with Crippen molar-refractivity contribution in [3.8, 4) is 0 Å². The van der Waals surface area contributed by atoms with Gasteiger partial charge in [-0.25, -0.2) is 0 Å². The van der Waals surface area contributed by atoms with Gasteiger partial charge in [-0.1, -0.05) is 18.2 Å². The first-order valence-corrected chi connectivity index (χ1v) is 9.60. The van der Waals surface area contributed by atoms with Gasteiger partial charge in [-0.3, -0.25) is 9.59 Å². The van der Waals surface area contributed by atoms with Gasteiger partial charge in [0.05, 0.1) is 18.1 Å². The fourth-order valence-corrected chi connectivity index (χ4v) is 3.76. The van der Waals surface area contributed by atoms with Crippen molar-refractivity contribution in [3.63, 3.8) is 0 Å². The molecule has 6 heteroatoms. The number of para-hydroxylation sites is 1. The molecule has 1 heterocycles. The van der Waals surface area contributed by atoms with E-state index in [0.29, 0.717) is 0 Å². The molecule has 1 aromatic heterocycles. The summed E-state index contributed by atoms with van der Waals surface area (Å²) < 4.78 is 6.88. The van der Waals surface area contributed by atoms with Crippen LogP contribution in [0.5, 0.6) is 0 Å². The summed E-state index contributed by atoms with van der Waals surface area (Å²) in [5, 5.41) is 4.90. The molecular formula is C20H22N2O3S. The number of esters is 1. The van der Waals surface area contributed by atoms with E-state index >= 15 is 0 Å². The van der Waals surface area contributed by atoms with E-state index in [1.165, 1.54) is 29.8 Å². The van der Waals surface area contributed by atoms with Gasteiger partial charge >= 0.3 is 5.97 Å². The normalized spacial score (nSPS) is 12.3. The zero-order valence-corrected chi connectivity index (χ0v) is 15.9. The maximum Gasteiger partial charge on any atom is 0.315 e. The van der Waals surface area contributed by atoms with Crippen LogP contribution >= 0.6 is 11.8 Å². The van der Waals surface area contributed by atoms with Crippen LogP contribution in [0.4, 0.5) is 5.69 Å². The average molecular weight is 370 g/mol. The molecule has 1 amide bonds. The van der Waals surface area contributed by atoms with E-state index in [0.717, 1.165) is 23.1 Å². The third-order valence-electron chi connectivity index (χ3n) is 4.40. The second-order valence-corrected chi connectivity index (χ2v) is 7.34. The molecule has 5 nitrogen and oxygen atoms in total. The SMILES string of the molecule is CCn1c2ccccc2c2cc(NC(=O)C(C)SCC(=O)OC)ccc21. The summed E-state index contributed by atoms with van der Waals surface area (Å²) in [6, 6.07) is 14.3. The van der Waals surface area contributed by atoms with E-state index in [9.17, 15) is 9.59 Å². The number of nitrogens with zero attached hydrogens (tertiary/aromatic N) is 1. The van der Waals surface area contributed by atoms with Gasteiger partial charge < -0.3 is 14.6 Å². The summed E-state index contributed by atoms with van der Waals surface area (Å²) in [5.74, 6) is -0.297. The number of amides is 1. The minimum atomic E-state index is -0.346. The second kappa shape index (κ2) is 7.83. The van der Waals surface area contributed by atoms with Crippen molar-refractivity contribution in [2.24, 2.45) is 0 Å². The van der Waals surface area contributed by atoms with Gasteiger partial charge in [-0.2, -0.15) is 0 Å². The lowest BCUT2D eigenvalue weighted by Crippen LogP contribution is -2.23. The molecule has 0 aliphatic rings. The molecule has 26 heavy (non-hydrogen) atoms.